The minimum Gasteiger partial charge on any atom is -0.373 e. The fourth-order valence-electron chi connectivity index (χ4n) is 1.92. The summed E-state index contributed by atoms with van der Waals surface area (Å²) in [5, 5.41) is 3.06. The van der Waals surface area contributed by atoms with Crippen molar-refractivity contribution in [1.82, 2.24) is 4.98 Å². The van der Waals surface area contributed by atoms with E-state index in [1.165, 1.54) is 25.2 Å². The number of nitrogens with zero attached hydrogens (tertiary/aromatic N) is 2. The van der Waals surface area contributed by atoms with Crippen LogP contribution in [0.25, 0.3) is 0 Å². The molecule has 1 aromatic heterocycles. The van der Waals surface area contributed by atoms with Gasteiger partial charge in [-0.15, -0.1) is 0 Å². The quantitative estimate of drug-likeness (QED) is 0.774. The van der Waals surface area contributed by atoms with Crippen LogP contribution >= 0.6 is 0 Å². The highest BCUT2D eigenvalue weighted by Crippen LogP contribution is 2.24. The molecule has 3 heteroatoms. The summed E-state index contributed by atoms with van der Waals surface area (Å²) < 4.78 is 0. The molecule has 1 aliphatic rings. The second-order valence-corrected chi connectivity index (χ2v) is 3.99. The highest BCUT2D eigenvalue weighted by molar-refractivity contribution is 5.54. The summed E-state index contributed by atoms with van der Waals surface area (Å²) in [5.74, 6) is 1.77. The third-order valence-corrected chi connectivity index (χ3v) is 2.79. The number of nitrogens with one attached hydrogen (secondary N) is 1. The second-order valence-electron chi connectivity index (χ2n) is 3.99. The summed E-state index contributed by atoms with van der Waals surface area (Å²) in [7, 11) is 1.90. The molecule has 76 valence electrons. The van der Waals surface area contributed by atoms with E-state index in [1.807, 2.05) is 13.2 Å². The van der Waals surface area contributed by atoms with E-state index in [2.05, 4.69) is 34.3 Å². The zero-order valence-electron chi connectivity index (χ0n) is 8.83. The summed E-state index contributed by atoms with van der Waals surface area (Å²) in [6.45, 7) is 4.65. The Morgan fingerprint density at radius 3 is 3.07 bits per heavy atom. The molecule has 1 aliphatic heterocycles. The molecule has 2 rings (SSSR count). The van der Waals surface area contributed by atoms with Gasteiger partial charge in [-0.1, -0.05) is 6.92 Å². The zero-order chi connectivity index (χ0) is 9.97. The van der Waals surface area contributed by atoms with Gasteiger partial charge in [-0.2, -0.15) is 0 Å². The minimum atomic E-state index is 0.821. The van der Waals surface area contributed by atoms with Crippen molar-refractivity contribution in [2.45, 2.75) is 13.3 Å². The van der Waals surface area contributed by atoms with Gasteiger partial charge in [0, 0.05) is 38.1 Å². The van der Waals surface area contributed by atoms with Gasteiger partial charge in [0.1, 0.15) is 5.82 Å². The standard InChI is InChI=1S/C11H17N3/c1-9-4-6-14(8-9)10-3-5-13-11(7-10)12-2/h3,5,7,9H,4,6,8H2,1-2H3,(H,12,13). The largest absolute Gasteiger partial charge is 0.373 e. The van der Waals surface area contributed by atoms with Crippen LogP contribution in [0.3, 0.4) is 0 Å². The third kappa shape index (κ3) is 1.81. The van der Waals surface area contributed by atoms with Gasteiger partial charge in [-0.25, -0.2) is 4.98 Å². The third-order valence-electron chi connectivity index (χ3n) is 2.79. The predicted molar refractivity (Wildman–Crippen MR) is 59.8 cm³/mol. The van der Waals surface area contributed by atoms with Gasteiger partial charge >= 0.3 is 0 Å². The van der Waals surface area contributed by atoms with Crippen LogP contribution in [0.4, 0.5) is 11.5 Å². The Labute approximate surface area is 85.1 Å². The molecule has 0 aromatic carbocycles. The predicted octanol–water partition coefficient (Wildman–Crippen LogP) is 1.97. The molecule has 1 unspecified atom stereocenters. The Hall–Kier alpha value is -1.25. The van der Waals surface area contributed by atoms with Gasteiger partial charge in [0.2, 0.25) is 0 Å². The lowest BCUT2D eigenvalue weighted by molar-refractivity contribution is 0.659. The number of aromatic nitrogens is 1. The van der Waals surface area contributed by atoms with Crippen molar-refractivity contribution in [3.63, 3.8) is 0 Å². The fourth-order valence-corrected chi connectivity index (χ4v) is 1.92. The van der Waals surface area contributed by atoms with E-state index in [0.29, 0.717) is 0 Å². The van der Waals surface area contributed by atoms with Crippen molar-refractivity contribution in [1.29, 1.82) is 0 Å². The first-order chi connectivity index (χ1) is 6.79. The SMILES string of the molecule is CNc1cc(N2CCC(C)C2)ccn1. The maximum Gasteiger partial charge on any atom is 0.127 e. The van der Waals surface area contributed by atoms with Crippen molar-refractivity contribution in [2.24, 2.45) is 5.92 Å². The first kappa shape index (κ1) is 9.31. The Morgan fingerprint density at radius 2 is 2.43 bits per heavy atom. The van der Waals surface area contributed by atoms with Gasteiger partial charge in [-0.05, 0) is 18.4 Å². The molecule has 0 radical (unpaired) electrons. The lowest BCUT2D eigenvalue weighted by Crippen LogP contribution is -2.19. The number of rotatable bonds is 2. The summed E-state index contributed by atoms with van der Waals surface area (Å²) in [4.78, 5) is 6.63. The molecule has 0 spiro atoms. The zero-order valence-corrected chi connectivity index (χ0v) is 8.83. The summed E-state index contributed by atoms with van der Waals surface area (Å²) >= 11 is 0. The molecule has 14 heavy (non-hydrogen) atoms. The van der Waals surface area contributed by atoms with Crippen LogP contribution in [0, 0.1) is 5.92 Å². The molecule has 0 amide bonds. The number of hydrogen-bond donors (Lipinski definition) is 1. The van der Waals surface area contributed by atoms with Crippen molar-refractivity contribution in [3.05, 3.63) is 18.3 Å². The van der Waals surface area contributed by atoms with Gasteiger partial charge in [0.25, 0.3) is 0 Å². The van der Waals surface area contributed by atoms with Gasteiger partial charge < -0.3 is 10.2 Å². The molecular formula is C11H17N3. The van der Waals surface area contributed by atoms with E-state index in [9.17, 15) is 0 Å². The maximum atomic E-state index is 4.21. The van der Waals surface area contributed by atoms with Crippen molar-refractivity contribution in [3.8, 4) is 0 Å². The van der Waals surface area contributed by atoms with E-state index < -0.39 is 0 Å². The molecule has 1 saturated heterocycles. The second kappa shape index (κ2) is 3.86. The van der Waals surface area contributed by atoms with Crippen LogP contribution in [0.2, 0.25) is 0 Å². The first-order valence-corrected chi connectivity index (χ1v) is 5.18. The van der Waals surface area contributed by atoms with Crippen LogP contribution in [-0.2, 0) is 0 Å². The Balaban J connectivity index is 2.15. The van der Waals surface area contributed by atoms with E-state index in [0.717, 1.165) is 11.7 Å². The number of hydrogen-bond acceptors (Lipinski definition) is 3. The highest BCUT2D eigenvalue weighted by Gasteiger charge is 2.18. The van der Waals surface area contributed by atoms with Crippen LogP contribution in [0.5, 0.6) is 0 Å². The van der Waals surface area contributed by atoms with E-state index in [4.69, 9.17) is 0 Å². The molecule has 3 nitrogen and oxygen atoms in total. The van der Waals surface area contributed by atoms with Crippen LogP contribution in [0.15, 0.2) is 18.3 Å². The molecule has 1 fully saturated rings. The Bertz CT molecular complexity index is 311. The molecule has 0 aliphatic carbocycles. The van der Waals surface area contributed by atoms with Crippen molar-refractivity contribution >= 4 is 11.5 Å². The monoisotopic (exact) mass is 191 g/mol. The lowest BCUT2D eigenvalue weighted by Gasteiger charge is -2.18. The van der Waals surface area contributed by atoms with Gasteiger partial charge in [0.05, 0.1) is 0 Å². The fraction of sp³-hybridized carbons (Fsp3) is 0.545. The smallest absolute Gasteiger partial charge is 0.127 e. The topological polar surface area (TPSA) is 28.2 Å². The molecule has 1 atom stereocenters. The van der Waals surface area contributed by atoms with Crippen LogP contribution in [0.1, 0.15) is 13.3 Å². The average molecular weight is 191 g/mol. The van der Waals surface area contributed by atoms with Crippen molar-refractivity contribution in [2.75, 3.05) is 30.4 Å². The molecule has 0 bridgehead atoms. The van der Waals surface area contributed by atoms with E-state index in [1.54, 1.807) is 0 Å². The lowest BCUT2D eigenvalue weighted by atomic mass is 10.2. The average Bonchev–Trinajstić information content (AvgIpc) is 2.65. The van der Waals surface area contributed by atoms with Gasteiger partial charge in [0.15, 0.2) is 0 Å². The number of anilines is 2. The molecule has 1 N–H and O–H groups in total. The van der Waals surface area contributed by atoms with E-state index in [-0.39, 0.29) is 0 Å². The highest BCUT2D eigenvalue weighted by atomic mass is 15.2. The van der Waals surface area contributed by atoms with Crippen LogP contribution in [-0.4, -0.2) is 25.1 Å². The molecule has 2 heterocycles. The summed E-state index contributed by atoms with van der Waals surface area (Å²) in [5.41, 5.74) is 1.29. The Kier molecular flexibility index (Phi) is 2.57. The number of pyridine rings is 1. The molecule has 1 aromatic rings. The normalized spacial score (nSPS) is 21.3. The first-order valence-electron chi connectivity index (χ1n) is 5.18. The van der Waals surface area contributed by atoms with Crippen LogP contribution < -0.4 is 10.2 Å². The summed E-state index contributed by atoms with van der Waals surface area (Å²) in [6.07, 6.45) is 3.17. The maximum absolute atomic E-state index is 4.21. The molecular weight excluding hydrogens is 174 g/mol. The Morgan fingerprint density at radius 1 is 1.57 bits per heavy atom. The molecule has 0 saturated carbocycles. The summed E-state index contributed by atoms with van der Waals surface area (Å²) in [6, 6.07) is 4.19. The van der Waals surface area contributed by atoms with Crippen molar-refractivity contribution < 1.29 is 0 Å². The minimum absolute atomic E-state index is 0.821. The van der Waals surface area contributed by atoms with Gasteiger partial charge in [-0.3, -0.25) is 0 Å². The van der Waals surface area contributed by atoms with E-state index >= 15 is 0 Å².